The number of methoxy groups -OCH3 is 1. The molecule has 0 aliphatic carbocycles. The van der Waals surface area contributed by atoms with Crippen LogP contribution in [0.4, 0.5) is 4.79 Å². The summed E-state index contributed by atoms with van der Waals surface area (Å²) >= 11 is 0.884. The molecule has 6 heteroatoms. The van der Waals surface area contributed by atoms with Crippen molar-refractivity contribution in [3.8, 4) is 11.5 Å². The first-order valence-corrected chi connectivity index (χ1v) is 9.48. The average molecular weight is 391 g/mol. The predicted octanol–water partition coefficient (Wildman–Crippen LogP) is 4.75. The lowest BCUT2D eigenvalue weighted by Crippen LogP contribution is -2.17. The molecule has 140 valence electrons. The molecule has 1 saturated heterocycles. The highest BCUT2D eigenvalue weighted by Gasteiger charge is 2.25. The number of hydrogen-bond donors (Lipinski definition) is 1. The summed E-state index contributed by atoms with van der Waals surface area (Å²) in [4.78, 5) is 23.3. The first-order valence-electron chi connectivity index (χ1n) is 8.66. The molecule has 3 aromatic rings. The Balaban J connectivity index is 1.56. The fourth-order valence-corrected chi connectivity index (χ4v) is 3.72. The van der Waals surface area contributed by atoms with E-state index < -0.39 is 0 Å². The molecule has 0 spiro atoms. The number of hydrogen-bond acceptors (Lipinski definition) is 5. The van der Waals surface area contributed by atoms with Gasteiger partial charge in [-0.15, -0.1) is 0 Å². The molecule has 0 radical (unpaired) electrons. The fourth-order valence-electron chi connectivity index (χ4n) is 3.04. The lowest BCUT2D eigenvalue weighted by atomic mass is 10.1. The third kappa shape index (κ3) is 3.73. The molecule has 3 aromatic carbocycles. The van der Waals surface area contributed by atoms with Gasteiger partial charge >= 0.3 is 0 Å². The van der Waals surface area contributed by atoms with Gasteiger partial charge in [0.25, 0.3) is 11.1 Å². The number of nitrogens with one attached hydrogen (secondary N) is 1. The minimum atomic E-state index is -0.384. The Hall–Kier alpha value is -3.25. The first kappa shape index (κ1) is 18.1. The van der Waals surface area contributed by atoms with E-state index in [0.717, 1.165) is 28.3 Å². The van der Waals surface area contributed by atoms with Crippen LogP contribution in [0.15, 0.2) is 65.6 Å². The van der Waals surface area contributed by atoms with Gasteiger partial charge < -0.3 is 9.47 Å². The van der Waals surface area contributed by atoms with E-state index in [9.17, 15) is 9.59 Å². The Kier molecular flexibility index (Phi) is 5.04. The molecular formula is C22H17NO4S. The Labute approximate surface area is 166 Å². The topological polar surface area (TPSA) is 64.6 Å². The summed E-state index contributed by atoms with van der Waals surface area (Å²) in [6.45, 7) is 0.408. The van der Waals surface area contributed by atoms with Crippen molar-refractivity contribution in [3.63, 3.8) is 0 Å². The molecule has 28 heavy (non-hydrogen) atoms. The number of ether oxygens (including phenoxy) is 2. The summed E-state index contributed by atoms with van der Waals surface area (Å²) in [5.41, 5.74) is 1.84. The second-order valence-electron chi connectivity index (χ2n) is 6.19. The number of fused-ring (bicyclic) bond motifs is 1. The van der Waals surface area contributed by atoms with Gasteiger partial charge in [-0.3, -0.25) is 14.9 Å². The number of carbonyl (C=O) groups is 2. The van der Waals surface area contributed by atoms with E-state index in [1.165, 1.54) is 5.39 Å². The van der Waals surface area contributed by atoms with Crippen LogP contribution >= 0.6 is 11.8 Å². The highest BCUT2D eigenvalue weighted by atomic mass is 32.2. The molecule has 1 aliphatic rings. The Morgan fingerprint density at radius 3 is 2.61 bits per heavy atom. The normalized spacial score (nSPS) is 15.1. The van der Waals surface area contributed by atoms with Crippen LogP contribution < -0.4 is 14.8 Å². The van der Waals surface area contributed by atoms with Gasteiger partial charge in [-0.1, -0.05) is 48.5 Å². The highest BCUT2D eigenvalue weighted by Crippen LogP contribution is 2.32. The Bertz CT molecular complexity index is 1100. The third-order valence-electron chi connectivity index (χ3n) is 4.39. The number of rotatable bonds is 5. The second kappa shape index (κ2) is 7.78. The van der Waals surface area contributed by atoms with Crippen molar-refractivity contribution in [2.24, 2.45) is 0 Å². The summed E-state index contributed by atoms with van der Waals surface area (Å²) in [6, 6.07) is 19.7. The van der Waals surface area contributed by atoms with E-state index >= 15 is 0 Å². The smallest absolute Gasteiger partial charge is 0.290 e. The van der Waals surface area contributed by atoms with Crippen molar-refractivity contribution >= 4 is 39.8 Å². The summed E-state index contributed by atoms with van der Waals surface area (Å²) in [5, 5.41) is 4.20. The lowest BCUT2D eigenvalue weighted by Gasteiger charge is -2.13. The van der Waals surface area contributed by atoms with E-state index in [1.54, 1.807) is 25.3 Å². The van der Waals surface area contributed by atoms with Crippen LogP contribution in [0.5, 0.6) is 11.5 Å². The summed E-state index contributed by atoms with van der Waals surface area (Å²) in [6.07, 6.45) is 1.65. The van der Waals surface area contributed by atoms with Gasteiger partial charge in [-0.05, 0) is 51.9 Å². The molecule has 1 heterocycles. The lowest BCUT2D eigenvalue weighted by molar-refractivity contribution is -0.115. The monoisotopic (exact) mass is 391 g/mol. The maximum Gasteiger partial charge on any atom is 0.290 e. The molecule has 0 aromatic heterocycles. The molecule has 0 bridgehead atoms. The van der Waals surface area contributed by atoms with Crippen molar-refractivity contribution in [2.45, 2.75) is 6.61 Å². The number of imide groups is 1. The quantitative estimate of drug-likeness (QED) is 0.636. The SMILES string of the molecule is COc1cc(/C=C2\SC(=O)NC2=O)ccc1OCc1cccc2ccccc12. The second-order valence-corrected chi connectivity index (χ2v) is 7.20. The van der Waals surface area contributed by atoms with Crippen molar-refractivity contribution in [3.05, 3.63) is 76.7 Å². The summed E-state index contributed by atoms with van der Waals surface area (Å²) in [5.74, 6) is 0.784. The molecular weight excluding hydrogens is 374 g/mol. The van der Waals surface area contributed by atoms with Crippen LogP contribution in [0.25, 0.3) is 16.8 Å². The van der Waals surface area contributed by atoms with Crippen molar-refractivity contribution < 1.29 is 19.1 Å². The minimum Gasteiger partial charge on any atom is -0.493 e. The van der Waals surface area contributed by atoms with Crippen LogP contribution in [0.2, 0.25) is 0 Å². The van der Waals surface area contributed by atoms with Gasteiger partial charge in [-0.25, -0.2) is 0 Å². The van der Waals surface area contributed by atoms with Gasteiger partial charge in [0, 0.05) is 0 Å². The Morgan fingerprint density at radius 1 is 1.00 bits per heavy atom. The zero-order valence-electron chi connectivity index (χ0n) is 15.1. The van der Waals surface area contributed by atoms with Crippen LogP contribution in [0.3, 0.4) is 0 Å². The van der Waals surface area contributed by atoms with E-state index in [-0.39, 0.29) is 11.1 Å². The zero-order valence-corrected chi connectivity index (χ0v) is 15.9. The highest BCUT2D eigenvalue weighted by molar-refractivity contribution is 8.18. The van der Waals surface area contributed by atoms with E-state index in [4.69, 9.17) is 9.47 Å². The van der Waals surface area contributed by atoms with E-state index in [1.807, 2.05) is 30.3 Å². The van der Waals surface area contributed by atoms with Crippen LogP contribution in [0, 0.1) is 0 Å². The van der Waals surface area contributed by atoms with Crippen molar-refractivity contribution in [1.82, 2.24) is 5.32 Å². The van der Waals surface area contributed by atoms with Gasteiger partial charge in [0.05, 0.1) is 12.0 Å². The van der Waals surface area contributed by atoms with Crippen molar-refractivity contribution in [2.75, 3.05) is 7.11 Å². The van der Waals surface area contributed by atoms with Gasteiger partial charge in [-0.2, -0.15) is 0 Å². The summed E-state index contributed by atoms with van der Waals surface area (Å²) in [7, 11) is 1.57. The van der Waals surface area contributed by atoms with Crippen molar-refractivity contribution in [1.29, 1.82) is 0 Å². The van der Waals surface area contributed by atoms with Crippen LogP contribution in [0.1, 0.15) is 11.1 Å². The standard InChI is InChI=1S/C22H17NO4S/c1-26-19-11-14(12-20-21(24)23-22(25)28-20)9-10-18(19)27-13-16-7-4-6-15-5-2-3-8-17(15)16/h2-12H,13H2,1H3,(H,23,24,25)/b20-12-. The minimum absolute atomic E-state index is 0.358. The number of benzene rings is 3. The van der Waals surface area contributed by atoms with E-state index in [0.29, 0.717) is 23.0 Å². The maximum atomic E-state index is 11.7. The van der Waals surface area contributed by atoms with Crippen LogP contribution in [-0.2, 0) is 11.4 Å². The molecule has 2 amide bonds. The van der Waals surface area contributed by atoms with Gasteiger partial charge in [0.1, 0.15) is 6.61 Å². The Morgan fingerprint density at radius 2 is 1.82 bits per heavy atom. The molecule has 0 atom stereocenters. The molecule has 1 N–H and O–H groups in total. The molecule has 0 saturated carbocycles. The molecule has 5 nitrogen and oxygen atoms in total. The molecule has 4 rings (SSSR count). The number of thioether (sulfide) groups is 1. The zero-order chi connectivity index (χ0) is 19.5. The fraction of sp³-hybridized carbons (Fsp3) is 0.0909. The molecule has 0 unspecified atom stereocenters. The number of carbonyl (C=O) groups excluding carboxylic acids is 2. The third-order valence-corrected chi connectivity index (χ3v) is 5.20. The first-order chi connectivity index (χ1) is 13.6. The average Bonchev–Trinajstić information content (AvgIpc) is 3.03. The number of amides is 2. The van der Waals surface area contributed by atoms with E-state index in [2.05, 4.69) is 23.5 Å². The van der Waals surface area contributed by atoms with Gasteiger partial charge in [0.15, 0.2) is 11.5 Å². The largest absolute Gasteiger partial charge is 0.493 e. The summed E-state index contributed by atoms with van der Waals surface area (Å²) < 4.78 is 11.4. The van der Waals surface area contributed by atoms with Gasteiger partial charge in [0.2, 0.25) is 0 Å². The van der Waals surface area contributed by atoms with Crippen LogP contribution in [-0.4, -0.2) is 18.3 Å². The maximum absolute atomic E-state index is 11.7. The molecule has 1 fully saturated rings. The molecule has 1 aliphatic heterocycles. The predicted molar refractivity (Wildman–Crippen MR) is 110 cm³/mol.